The van der Waals surface area contributed by atoms with Gasteiger partial charge in [-0.1, -0.05) is 5.16 Å². The van der Waals surface area contributed by atoms with Gasteiger partial charge in [0.05, 0.1) is 4.92 Å². The maximum Gasteiger partial charge on any atom is 0.355 e. The lowest BCUT2D eigenvalue weighted by Gasteiger charge is -2.48. The van der Waals surface area contributed by atoms with Gasteiger partial charge in [0.15, 0.2) is 5.13 Å². The summed E-state index contributed by atoms with van der Waals surface area (Å²) in [7, 11) is 0. The molecule has 188 valence electrons. The molecule has 1 aromatic heterocycles. The quantitative estimate of drug-likeness (QED) is 0.152. The number of hydrogen-bond donors (Lipinski definition) is 2. The van der Waals surface area contributed by atoms with Crippen LogP contribution in [-0.4, -0.2) is 66.5 Å². The highest BCUT2D eigenvalue weighted by Crippen LogP contribution is 2.38. The van der Waals surface area contributed by atoms with Crippen LogP contribution in [0.1, 0.15) is 18.3 Å². The molecule has 3 N–H and O–H groups in total. The molecule has 0 spiro atoms. The molecule has 2 aliphatic rings. The number of nitrogens with two attached hydrogens (primary N) is 1. The predicted octanol–water partition coefficient (Wildman–Crippen LogP) is 0.796. The van der Waals surface area contributed by atoms with Gasteiger partial charge in [0.25, 0.3) is 17.5 Å². The molecule has 2 unspecified atom stereocenters. The Kier molecular flexibility index (Phi) is 7.44. The molecule has 2 aromatic rings. The number of rotatable bonds is 9. The second-order valence-corrected chi connectivity index (χ2v) is 9.22. The van der Waals surface area contributed by atoms with Gasteiger partial charge in [-0.25, -0.2) is 4.79 Å². The lowest BCUT2D eigenvalue weighted by atomic mass is 10.0. The van der Waals surface area contributed by atoms with Crippen LogP contribution in [0.4, 0.5) is 10.8 Å². The van der Waals surface area contributed by atoms with Gasteiger partial charge in [0, 0.05) is 29.4 Å². The first-order chi connectivity index (χ1) is 17.3. The molecule has 36 heavy (non-hydrogen) atoms. The molecule has 0 aliphatic carbocycles. The van der Waals surface area contributed by atoms with Gasteiger partial charge in [0.2, 0.25) is 11.5 Å². The summed E-state index contributed by atoms with van der Waals surface area (Å²) >= 11 is 2.24. The molecular weight excluding hydrogens is 514 g/mol. The van der Waals surface area contributed by atoms with E-state index in [-0.39, 0.29) is 41.3 Å². The minimum atomic E-state index is -0.920. The number of fused-ring (bicyclic) bond motifs is 1. The van der Waals surface area contributed by atoms with Gasteiger partial charge in [-0.3, -0.25) is 24.6 Å². The monoisotopic (exact) mass is 533 g/mol. The van der Waals surface area contributed by atoms with E-state index in [0.717, 1.165) is 11.5 Å². The molecule has 0 bridgehead atoms. The van der Waals surface area contributed by atoms with Crippen LogP contribution in [0.2, 0.25) is 0 Å². The number of aromatic nitrogens is 2. The number of thioether (sulfide) groups is 1. The summed E-state index contributed by atoms with van der Waals surface area (Å²) in [5, 5.41) is 16.7. The van der Waals surface area contributed by atoms with E-state index < -0.39 is 34.1 Å². The molecule has 0 saturated carbocycles. The molecule has 2 atom stereocenters. The third-order valence-corrected chi connectivity index (χ3v) is 6.74. The average molecular weight is 534 g/mol. The van der Waals surface area contributed by atoms with Crippen LogP contribution < -0.4 is 11.1 Å². The Morgan fingerprint density at radius 2 is 2.11 bits per heavy atom. The highest BCUT2D eigenvalue weighted by atomic mass is 32.2. The first-order valence-corrected chi connectivity index (χ1v) is 12.3. The van der Waals surface area contributed by atoms with Crippen LogP contribution >= 0.6 is 23.3 Å². The van der Waals surface area contributed by atoms with E-state index >= 15 is 0 Å². The molecule has 14 nitrogen and oxygen atoms in total. The molecule has 1 saturated heterocycles. The number of non-ortho nitro benzene ring substituents is 1. The maximum absolute atomic E-state index is 12.9. The molecule has 2 amide bonds. The molecule has 1 aromatic carbocycles. The number of oxime groups is 1. The van der Waals surface area contributed by atoms with Crippen molar-refractivity contribution >= 4 is 57.6 Å². The SMILES string of the molecule is CCO/N=C(/C(=O)NC1C(=O)N2C(C(=O)OCc3ccc([N+](=O)[O-])cc3)=CCSC12)c1nsc(N)n1. The number of nitro benzene ring substituents is 1. The van der Waals surface area contributed by atoms with Crippen molar-refractivity contribution in [1.82, 2.24) is 19.6 Å². The van der Waals surface area contributed by atoms with Crippen molar-refractivity contribution in [2.24, 2.45) is 5.16 Å². The topological polar surface area (TPSA) is 192 Å². The smallest absolute Gasteiger partial charge is 0.355 e. The summed E-state index contributed by atoms with van der Waals surface area (Å²) in [6.45, 7) is 1.75. The second kappa shape index (κ2) is 10.7. The number of β-lactam (4-membered cyclic amide) rings is 1. The van der Waals surface area contributed by atoms with Crippen LogP contribution in [0.25, 0.3) is 0 Å². The van der Waals surface area contributed by atoms with Gasteiger partial charge in [-0.2, -0.15) is 9.36 Å². The molecule has 2 aliphatic heterocycles. The fourth-order valence-corrected chi connectivity index (χ4v) is 4.95. The number of nitrogens with one attached hydrogen (secondary N) is 1. The fourth-order valence-electron chi connectivity index (χ4n) is 3.32. The zero-order valence-electron chi connectivity index (χ0n) is 18.7. The highest BCUT2D eigenvalue weighted by Gasteiger charge is 2.53. The third kappa shape index (κ3) is 5.13. The number of esters is 1. The van der Waals surface area contributed by atoms with Crippen LogP contribution in [0.5, 0.6) is 0 Å². The number of benzene rings is 1. The van der Waals surface area contributed by atoms with Gasteiger partial charge in [0.1, 0.15) is 30.3 Å². The zero-order valence-corrected chi connectivity index (χ0v) is 20.3. The normalized spacial score (nSPS) is 19.0. The van der Waals surface area contributed by atoms with Gasteiger partial charge < -0.3 is 20.6 Å². The van der Waals surface area contributed by atoms with Crippen molar-refractivity contribution in [3.05, 3.63) is 57.5 Å². The van der Waals surface area contributed by atoms with Crippen molar-refractivity contribution in [3.8, 4) is 0 Å². The maximum atomic E-state index is 12.9. The van der Waals surface area contributed by atoms with Crippen LogP contribution in [-0.2, 0) is 30.6 Å². The van der Waals surface area contributed by atoms with Crippen molar-refractivity contribution < 1.29 is 28.9 Å². The minimum Gasteiger partial charge on any atom is -0.456 e. The standard InChI is InChI=1S/C20H19N7O7S2/c1-2-34-24-13(15-23-20(21)36-25-15)16(28)22-14-17(29)26-12(7-8-35-18(14)26)19(30)33-9-10-3-5-11(6-4-10)27(31)32/h3-7,14,18H,2,8-9H2,1H3,(H,22,28)(H2,21,23,25)/b24-13+. The van der Waals surface area contributed by atoms with E-state index in [2.05, 4.69) is 19.8 Å². The number of hydrogen-bond acceptors (Lipinski definition) is 13. The number of nitrogens with zero attached hydrogens (tertiary/aromatic N) is 5. The number of nitrogen functional groups attached to an aromatic ring is 1. The second-order valence-electron chi connectivity index (χ2n) is 7.29. The Balaban J connectivity index is 1.39. The van der Waals surface area contributed by atoms with E-state index in [0.29, 0.717) is 11.3 Å². The highest BCUT2D eigenvalue weighted by molar-refractivity contribution is 8.00. The van der Waals surface area contributed by atoms with E-state index in [1.165, 1.54) is 40.9 Å². The van der Waals surface area contributed by atoms with Crippen molar-refractivity contribution in [3.63, 3.8) is 0 Å². The van der Waals surface area contributed by atoms with Crippen LogP contribution in [0.3, 0.4) is 0 Å². The van der Waals surface area contributed by atoms with Crippen molar-refractivity contribution in [2.75, 3.05) is 18.1 Å². The van der Waals surface area contributed by atoms with Crippen LogP contribution in [0, 0.1) is 10.1 Å². The molecular formula is C20H19N7O7S2. The Hall–Kier alpha value is -4.05. The molecule has 16 heteroatoms. The number of ether oxygens (including phenoxy) is 1. The van der Waals surface area contributed by atoms with Gasteiger partial charge in [-0.05, 0) is 30.7 Å². The largest absolute Gasteiger partial charge is 0.456 e. The Morgan fingerprint density at radius 1 is 1.36 bits per heavy atom. The van der Waals surface area contributed by atoms with Gasteiger partial charge >= 0.3 is 5.97 Å². The molecule has 1 fully saturated rings. The molecule has 4 rings (SSSR count). The number of carbonyl (C=O) groups excluding carboxylic acids is 3. The first-order valence-electron chi connectivity index (χ1n) is 10.5. The number of nitro groups is 1. The number of anilines is 1. The summed E-state index contributed by atoms with van der Waals surface area (Å²) in [5.41, 5.74) is 5.90. The van der Waals surface area contributed by atoms with E-state index in [9.17, 15) is 24.5 Å². The van der Waals surface area contributed by atoms with Gasteiger partial charge in [-0.15, -0.1) is 11.8 Å². The van der Waals surface area contributed by atoms with E-state index in [1.807, 2.05) is 0 Å². The minimum absolute atomic E-state index is 0.0289. The van der Waals surface area contributed by atoms with Crippen molar-refractivity contribution in [2.45, 2.75) is 24.9 Å². The lowest BCUT2D eigenvalue weighted by molar-refractivity contribution is -0.384. The molecule has 0 radical (unpaired) electrons. The summed E-state index contributed by atoms with van der Waals surface area (Å²) in [6.07, 6.45) is 1.57. The fraction of sp³-hybridized carbons (Fsp3) is 0.300. The summed E-state index contributed by atoms with van der Waals surface area (Å²) in [5.74, 6) is -1.57. The summed E-state index contributed by atoms with van der Waals surface area (Å²) in [4.78, 5) is 58.8. The third-order valence-electron chi connectivity index (χ3n) is 5.01. The molecule has 3 heterocycles. The number of amides is 2. The number of carbonyl (C=O) groups is 3. The zero-order chi connectivity index (χ0) is 25.8. The average Bonchev–Trinajstić information content (AvgIpc) is 3.31. The Bertz CT molecular complexity index is 1260. The van der Waals surface area contributed by atoms with E-state index in [1.54, 1.807) is 13.0 Å². The van der Waals surface area contributed by atoms with Crippen LogP contribution in [0.15, 0.2) is 41.2 Å². The lowest BCUT2D eigenvalue weighted by Crippen LogP contribution is -2.70. The Labute approximate surface area is 211 Å². The van der Waals surface area contributed by atoms with E-state index in [4.69, 9.17) is 15.3 Å². The van der Waals surface area contributed by atoms with Crippen molar-refractivity contribution in [1.29, 1.82) is 0 Å². The summed E-state index contributed by atoms with van der Waals surface area (Å²) in [6, 6.07) is 4.65. The Morgan fingerprint density at radius 3 is 2.75 bits per heavy atom. The summed E-state index contributed by atoms with van der Waals surface area (Å²) < 4.78 is 9.26. The predicted molar refractivity (Wildman–Crippen MR) is 128 cm³/mol. The first kappa shape index (κ1) is 25.1.